The average molecular weight is 204 g/mol. The van der Waals surface area contributed by atoms with Gasteiger partial charge in [-0.3, -0.25) is 9.59 Å². The number of carbonyl (C=O) groups excluding carboxylic acids is 2. The third-order valence-electron chi connectivity index (χ3n) is 1.92. The molecule has 82 valence electrons. The van der Waals surface area contributed by atoms with E-state index in [1.165, 1.54) is 4.90 Å². The van der Waals surface area contributed by atoms with Gasteiger partial charge < -0.3 is 20.8 Å². The van der Waals surface area contributed by atoms with E-state index in [9.17, 15) is 14.7 Å². The molecule has 0 aromatic carbocycles. The first-order valence-corrected chi connectivity index (χ1v) is 4.39. The monoisotopic (exact) mass is 204 g/mol. The Labute approximate surface area is 82.3 Å². The highest BCUT2D eigenvalue weighted by Crippen LogP contribution is 2.00. The van der Waals surface area contributed by atoms with Crippen molar-refractivity contribution in [2.75, 3.05) is 13.1 Å². The minimum atomic E-state index is -1.84. The number of hydrogen-bond donors (Lipinski definition) is 3. The molecule has 0 radical (unpaired) electrons. The lowest BCUT2D eigenvalue weighted by molar-refractivity contribution is -0.151. The largest absolute Gasteiger partial charge is 0.380 e. The van der Waals surface area contributed by atoms with E-state index in [4.69, 9.17) is 10.8 Å². The van der Waals surface area contributed by atoms with Gasteiger partial charge in [0.1, 0.15) is 0 Å². The van der Waals surface area contributed by atoms with Gasteiger partial charge in [0.25, 0.3) is 5.91 Å². The Balaban J connectivity index is 4.44. The van der Waals surface area contributed by atoms with Crippen LogP contribution in [0.25, 0.3) is 0 Å². The van der Waals surface area contributed by atoms with Crippen molar-refractivity contribution in [2.24, 2.45) is 5.73 Å². The van der Waals surface area contributed by atoms with E-state index in [0.29, 0.717) is 13.1 Å². The number of likely N-dealkylation sites (N-methyl/N-ethyl adjacent to an activating group) is 1. The Hall–Kier alpha value is -1.14. The Morgan fingerprint density at radius 1 is 1.21 bits per heavy atom. The molecular weight excluding hydrogens is 188 g/mol. The molecule has 4 N–H and O–H groups in total. The van der Waals surface area contributed by atoms with Crippen LogP contribution in [0.4, 0.5) is 0 Å². The van der Waals surface area contributed by atoms with Gasteiger partial charge in [-0.1, -0.05) is 0 Å². The standard InChI is InChI=1S/C8H16N2O4/c1-3-10(4-2)8(14)6(12)5(11)7(9)13/h5-6,11-12H,3-4H2,1-2H3,(H2,9,13). The van der Waals surface area contributed by atoms with Crippen molar-refractivity contribution in [2.45, 2.75) is 26.1 Å². The SMILES string of the molecule is CCN(CC)C(=O)C(O)C(O)C(N)=O. The quantitative estimate of drug-likeness (QED) is 0.484. The number of nitrogens with zero attached hydrogens (tertiary/aromatic N) is 1. The number of primary amides is 1. The number of nitrogens with two attached hydrogens (primary N) is 1. The van der Waals surface area contributed by atoms with Crippen LogP contribution in [0.5, 0.6) is 0 Å². The number of aliphatic hydroxyl groups excluding tert-OH is 2. The summed E-state index contributed by atoms with van der Waals surface area (Å²) < 4.78 is 0. The molecule has 0 spiro atoms. The van der Waals surface area contributed by atoms with E-state index in [1.807, 2.05) is 0 Å². The molecule has 0 bridgehead atoms. The van der Waals surface area contributed by atoms with Crippen LogP contribution in [0.2, 0.25) is 0 Å². The van der Waals surface area contributed by atoms with Crippen LogP contribution in [-0.4, -0.2) is 52.2 Å². The molecule has 0 aliphatic rings. The number of aliphatic hydroxyl groups is 2. The van der Waals surface area contributed by atoms with E-state index in [0.717, 1.165) is 0 Å². The summed E-state index contributed by atoms with van der Waals surface area (Å²) in [6, 6.07) is 0. The number of amides is 2. The zero-order valence-corrected chi connectivity index (χ0v) is 8.30. The maximum absolute atomic E-state index is 11.4. The van der Waals surface area contributed by atoms with Crippen molar-refractivity contribution in [1.82, 2.24) is 4.90 Å². The summed E-state index contributed by atoms with van der Waals surface area (Å²) in [7, 11) is 0. The van der Waals surface area contributed by atoms with Crippen molar-refractivity contribution in [3.63, 3.8) is 0 Å². The highest BCUT2D eigenvalue weighted by atomic mass is 16.3. The second-order valence-electron chi connectivity index (χ2n) is 2.80. The van der Waals surface area contributed by atoms with Gasteiger partial charge in [-0.25, -0.2) is 0 Å². The second kappa shape index (κ2) is 5.56. The lowest BCUT2D eigenvalue weighted by atomic mass is 10.1. The predicted molar refractivity (Wildman–Crippen MR) is 49.1 cm³/mol. The lowest BCUT2D eigenvalue weighted by Crippen LogP contribution is -2.49. The van der Waals surface area contributed by atoms with Gasteiger partial charge in [0.2, 0.25) is 5.91 Å². The van der Waals surface area contributed by atoms with Gasteiger partial charge in [-0.05, 0) is 13.8 Å². The van der Waals surface area contributed by atoms with Crippen LogP contribution >= 0.6 is 0 Å². The first-order valence-electron chi connectivity index (χ1n) is 4.39. The second-order valence-corrected chi connectivity index (χ2v) is 2.80. The molecule has 0 aromatic heterocycles. The Morgan fingerprint density at radius 3 is 1.93 bits per heavy atom. The summed E-state index contributed by atoms with van der Waals surface area (Å²) in [5.41, 5.74) is 4.74. The molecular formula is C8H16N2O4. The molecule has 0 saturated carbocycles. The Kier molecular flexibility index (Phi) is 5.11. The van der Waals surface area contributed by atoms with Crippen LogP contribution in [-0.2, 0) is 9.59 Å². The van der Waals surface area contributed by atoms with Crippen molar-refractivity contribution in [3.05, 3.63) is 0 Å². The first kappa shape index (κ1) is 12.9. The van der Waals surface area contributed by atoms with Gasteiger partial charge in [0.05, 0.1) is 0 Å². The molecule has 0 aliphatic carbocycles. The summed E-state index contributed by atoms with van der Waals surface area (Å²) in [6.07, 6.45) is -3.62. The molecule has 2 unspecified atom stereocenters. The molecule has 14 heavy (non-hydrogen) atoms. The normalized spacial score (nSPS) is 14.6. The van der Waals surface area contributed by atoms with E-state index in [1.54, 1.807) is 13.8 Å². The van der Waals surface area contributed by atoms with E-state index >= 15 is 0 Å². The van der Waals surface area contributed by atoms with E-state index < -0.39 is 24.0 Å². The van der Waals surface area contributed by atoms with Crippen molar-refractivity contribution < 1.29 is 19.8 Å². The van der Waals surface area contributed by atoms with Gasteiger partial charge in [-0.2, -0.15) is 0 Å². The first-order chi connectivity index (χ1) is 6.45. The Morgan fingerprint density at radius 2 is 1.64 bits per heavy atom. The molecule has 6 heteroatoms. The average Bonchev–Trinajstić information content (AvgIpc) is 2.17. The zero-order valence-electron chi connectivity index (χ0n) is 8.30. The van der Waals surface area contributed by atoms with Gasteiger partial charge in [-0.15, -0.1) is 0 Å². The summed E-state index contributed by atoms with van der Waals surface area (Å²) in [6.45, 7) is 4.26. The fraction of sp³-hybridized carbons (Fsp3) is 0.750. The van der Waals surface area contributed by atoms with Gasteiger partial charge >= 0.3 is 0 Å². The van der Waals surface area contributed by atoms with Gasteiger partial charge in [0, 0.05) is 13.1 Å². The molecule has 0 saturated heterocycles. The number of carbonyl (C=O) groups is 2. The fourth-order valence-corrected chi connectivity index (χ4v) is 1.01. The zero-order chi connectivity index (χ0) is 11.3. The molecule has 0 aromatic rings. The molecule has 0 rings (SSSR count). The number of hydrogen-bond acceptors (Lipinski definition) is 4. The molecule has 0 heterocycles. The highest BCUT2D eigenvalue weighted by molar-refractivity contribution is 5.89. The number of rotatable bonds is 5. The molecule has 0 fully saturated rings. The Bertz CT molecular complexity index is 215. The van der Waals surface area contributed by atoms with E-state index in [-0.39, 0.29) is 0 Å². The summed E-state index contributed by atoms with van der Waals surface area (Å²) in [5.74, 6) is -1.81. The minimum Gasteiger partial charge on any atom is -0.380 e. The van der Waals surface area contributed by atoms with Crippen LogP contribution in [0, 0.1) is 0 Å². The molecule has 2 atom stereocenters. The van der Waals surface area contributed by atoms with Crippen LogP contribution < -0.4 is 5.73 Å². The molecule has 6 nitrogen and oxygen atoms in total. The maximum Gasteiger partial charge on any atom is 0.254 e. The highest BCUT2D eigenvalue weighted by Gasteiger charge is 2.30. The van der Waals surface area contributed by atoms with Crippen molar-refractivity contribution >= 4 is 11.8 Å². The van der Waals surface area contributed by atoms with E-state index in [2.05, 4.69) is 0 Å². The topological polar surface area (TPSA) is 104 Å². The predicted octanol–water partition coefficient (Wildman–Crippen LogP) is -1.94. The molecule has 2 amide bonds. The molecule has 0 aliphatic heterocycles. The smallest absolute Gasteiger partial charge is 0.254 e. The van der Waals surface area contributed by atoms with Crippen LogP contribution in [0.15, 0.2) is 0 Å². The third-order valence-corrected chi connectivity index (χ3v) is 1.92. The van der Waals surface area contributed by atoms with Crippen LogP contribution in [0.1, 0.15) is 13.8 Å². The summed E-state index contributed by atoms with van der Waals surface area (Å²) >= 11 is 0. The summed E-state index contributed by atoms with van der Waals surface area (Å²) in [5, 5.41) is 18.3. The van der Waals surface area contributed by atoms with Crippen LogP contribution in [0.3, 0.4) is 0 Å². The maximum atomic E-state index is 11.4. The lowest BCUT2D eigenvalue weighted by Gasteiger charge is -2.23. The third kappa shape index (κ3) is 2.97. The van der Waals surface area contributed by atoms with Crippen molar-refractivity contribution in [3.8, 4) is 0 Å². The van der Waals surface area contributed by atoms with Crippen molar-refractivity contribution in [1.29, 1.82) is 0 Å². The fourth-order valence-electron chi connectivity index (χ4n) is 1.01. The minimum absolute atomic E-state index is 0.401. The summed E-state index contributed by atoms with van der Waals surface area (Å²) in [4.78, 5) is 23.1. The van der Waals surface area contributed by atoms with Gasteiger partial charge in [0.15, 0.2) is 12.2 Å².